The van der Waals surface area contributed by atoms with Crippen molar-refractivity contribution in [2.75, 3.05) is 6.54 Å². The van der Waals surface area contributed by atoms with E-state index in [9.17, 15) is 9.59 Å². The Labute approximate surface area is 152 Å². The van der Waals surface area contributed by atoms with Crippen molar-refractivity contribution in [3.63, 3.8) is 0 Å². The van der Waals surface area contributed by atoms with Crippen LogP contribution in [-0.4, -0.2) is 51.5 Å². The molecule has 0 atom stereocenters. The van der Waals surface area contributed by atoms with Crippen molar-refractivity contribution in [3.8, 4) is 0 Å². The minimum absolute atomic E-state index is 0.0212. The number of nitrogens with one attached hydrogen (secondary N) is 1. The third-order valence-electron chi connectivity index (χ3n) is 4.85. The summed E-state index contributed by atoms with van der Waals surface area (Å²) in [5.41, 5.74) is 2.30. The van der Waals surface area contributed by atoms with Crippen LogP contribution in [0.3, 0.4) is 0 Å². The summed E-state index contributed by atoms with van der Waals surface area (Å²) in [6.07, 6.45) is 5.46. The lowest BCUT2D eigenvalue weighted by Crippen LogP contribution is -2.39. The molecule has 4 aromatic heterocycles. The Balaban J connectivity index is 1.47. The number of imidazole rings is 1. The van der Waals surface area contributed by atoms with Gasteiger partial charge in [0.1, 0.15) is 12.4 Å². The van der Waals surface area contributed by atoms with Crippen molar-refractivity contribution in [2.45, 2.75) is 26.4 Å². The Bertz CT molecular complexity index is 1250. The smallest absolute Gasteiger partial charge is 0.262 e. The van der Waals surface area contributed by atoms with Crippen LogP contribution in [0.4, 0.5) is 0 Å². The summed E-state index contributed by atoms with van der Waals surface area (Å²) < 4.78 is 2.95. The van der Waals surface area contributed by atoms with Gasteiger partial charge in [0, 0.05) is 25.4 Å². The van der Waals surface area contributed by atoms with Crippen LogP contribution in [0.1, 0.15) is 17.2 Å². The number of rotatable bonds is 2. The number of hydrogen-bond acceptors (Lipinski definition) is 6. The number of hydrogen-bond donors (Lipinski definition) is 1. The normalized spacial score (nSPS) is 14.0. The molecular weight excluding hydrogens is 348 g/mol. The van der Waals surface area contributed by atoms with Gasteiger partial charge in [0.15, 0.2) is 0 Å². The molecule has 5 heterocycles. The van der Waals surface area contributed by atoms with Crippen molar-refractivity contribution in [1.82, 2.24) is 39.0 Å². The van der Waals surface area contributed by atoms with Gasteiger partial charge < -0.3 is 14.5 Å². The molecule has 27 heavy (non-hydrogen) atoms. The fourth-order valence-electron chi connectivity index (χ4n) is 3.46. The summed E-state index contributed by atoms with van der Waals surface area (Å²) >= 11 is 0. The molecule has 1 N–H and O–H groups in total. The second kappa shape index (κ2) is 5.73. The Hall–Kier alpha value is -3.56. The van der Waals surface area contributed by atoms with Gasteiger partial charge in [-0.15, -0.1) is 5.10 Å². The monoisotopic (exact) mass is 364 g/mol. The van der Waals surface area contributed by atoms with Gasteiger partial charge in [-0.25, -0.2) is 9.97 Å². The van der Waals surface area contributed by atoms with E-state index in [-0.39, 0.29) is 18.0 Å². The number of aryl methyl sites for hydroxylation is 1. The van der Waals surface area contributed by atoms with Gasteiger partial charge in [-0.2, -0.15) is 9.50 Å². The van der Waals surface area contributed by atoms with Crippen molar-refractivity contribution >= 4 is 22.6 Å². The predicted octanol–water partition coefficient (Wildman–Crippen LogP) is 0.0556. The van der Waals surface area contributed by atoms with E-state index in [1.54, 1.807) is 34.9 Å². The van der Waals surface area contributed by atoms with Gasteiger partial charge in [-0.05, 0) is 13.0 Å². The minimum Gasteiger partial charge on any atom is -0.347 e. The fraction of sp³-hybridized carbons (Fsp3) is 0.294. The van der Waals surface area contributed by atoms with Crippen molar-refractivity contribution in [2.24, 2.45) is 0 Å². The molecule has 0 unspecified atom stereocenters. The molecule has 1 amide bonds. The summed E-state index contributed by atoms with van der Waals surface area (Å²) in [5.74, 6) is 0.914. The zero-order valence-corrected chi connectivity index (χ0v) is 14.6. The van der Waals surface area contributed by atoms with Crippen molar-refractivity contribution < 1.29 is 4.79 Å². The van der Waals surface area contributed by atoms with E-state index < -0.39 is 0 Å². The van der Waals surface area contributed by atoms with Crippen LogP contribution in [0.15, 0.2) is 29.6 Å². The Morgan fingerprint density at radius 1 is 1.33 bits per heavy atom. The summed E-state index contributed by atoms with van der Waals surface area (Å²) in [5, 5.41) is 4.67. The van der Waals surface area contributed by atoms with E-state index in [4.69, 9.17) is 0 Å². The van der Waals surface area contributed by atoms with Gasteiger partial charge >= 0.3 is 0 Å². The molecule has 136 valence electrons. The number of amides is 1. The Morgan fingerprint density at radius 2 is 2.22 bits per heavy atom. The lowest BCUT2D eigenvalue weighted by molar-refractivity contribution is -0.132. The average molecular weight is 364 g/mol. The number of pyridine rings is 1. The van der Waals surface area contributed by atoms with E-state index in [1.165, 1.54) is 10.8 Å². The summed E-state index contributed by atoms with van der Waals surface area (Å²) in [4.78, 5) is 43.0. The lowest BCUT2D eigenvalue weighted by atomic mass is 10.1. The topological polar surface area (TPSA) is 114 Å². The molecule has 10 nitrogen and oxygen atoms in total. The maximum absolute atomic E-state index is 12.8. The zero-order chi connectivity index (χ0) is 18.5. The van der Waals surface area contributed by atoms with Crippen LogP contribution in [0.25, 0.3) is 16.7 Å². The molecular formula is C17H16N8O2. The first kappa shape index (κ1) is 15.7. The largest absolute Gasteiger partial charge is 0.347 e. The minimum atomic E-state index is -0.275. The first-order chi connectivity index (χ1) is 13.1. The van der Waals surface area contributed by atoms with Gasteiger partial charge in [0.25, 0.3) is 11.3 Å². The van der Waals surface area contributed by atoms with Crippen LogP contribution in [0.2, 0.25) is 0 Å². The molecule has 0 bridgehead atoms. The molecule has 0 saturated carbocycles. The number of aromatic amines is 1. The van der Waals surface area contributed by atoms with Crippen LogP contribution >= 0.6 is 0 Å². The third-order valence-corrected chi connectivity index (χ3v) is 4.85. The SMILES string of the molecule is Cc1nc2ncc3c(=O)n(CC(=O)N4CCc5nc[nH]c5C4)ccc3n2n1. The maximum Gasteiger partial charge on any atom is 0.262 e. The first-order valence-corrected chi connectivity index (χ1v) is 8.60. The highest BCUT2D eigenvalue weighted by molar-refractivity contribution is 5.80. The Kier molecular flexibility index (Phi) is 3.33. The van der Waals surface area contributed by atoms with Crippen LogP contribution in [0, 0.1) is 6.92 Å². The second-order valence-electron chi connectivity index (χ2n) is 6.57. The third kappa shape index (κ3) is 2.48. The summed E-state index contributed by atoms with van der Waals surface area (Å²) in [6.45, 7) is 2.83. The quantitative estimate of drug-likeness (QED) is 0.538. The summed E-state index contributed by atoms with van der Waals surface area (Å²) in [7, 11) is 0. The highest BCUT2D eigenvalue weighted by atomic mass is 16.2. The number of carbonyl (C=O) groups excluding carboxylic acids is 1. The van der Waals surface area contributed by atoms with Crippen LogP contribution in [0.5, 0.6) is 0 Å². The maximum atomic E-state index is 12.8. The second-order valence-corrected chi connectivity index (χ2v) is 6.57. The number of H-pyrrole nitrogens is 1. The first-order valence-electron chi connectivity index (χ1n) is 8.60. The average Bonchev–Trinajstić information content (AvgIpc) is 3.28. The number of fused-ring (bicyclic) bond motifs is 4. The fourth-order valence-corrected chi connectivity index (χ4v) is 3.46. The molecule has 4 aromatic rings. The van der Waals surface area contributed by atoms with Crippen molar-refractivity contribution in [3.05, 3.63) is 52.4 Å². The summed E-state index contributed by atoms with van der Waals surface area (Å²) in [6, 6.07) is 1.76. The highest BCUT2D eigenvalue weighted by Gasteiger charge is 2.23. The van der Waals surface area contributed by atoms with E-state index in [0.717, 1.165) is 11.4 Å². The van der Waals surface area contributed by atoms with Crippen molar-refractivity contribution in [1.29, 1.82) is 0 Å². The van der Waals surface area contributed by atoms with E-state index in [2.05, 4.69) is 25.0 Å². The van der Waals surface area contributed by atoms with E-state index in [1.807, 2.05) is 0 Å². The number of nitrogens with zero attached hydrogens (tertiary/aromatic N) is 7. The van der Waals surface area contributed by atoms with Crippen LogP contribution < -0.4 is 5.56 Å². The molecule has 5 rings (SSSR count). The molecule has 1 aliphatic heterocycles. The zero-order valence-electron chi connectivity index (χ0n) is 14.6. The molecule has 0 radical (unpaired) electrons. The van der Waals surface area contributed by atoms with Gasteiger partial charge in [-0.3, -0.25) is 9.59 Å². The molecule has 0 aliphatic carbocycles. The molecule has 10 heteroatoms. The molecule has 0 fully saturated rings. The number of aromatic nitrogens is 7. The Morgan fingerprint density at radius 3 is 3.11 bits per heavy atom. The van der Waals surface area contributed by atoms with Gasteiger partial charge in [0.05, 0.1) is 35.2 Å². The molecule has 0 spiro atoms. The van der Waals surface area contributed by atoms with Gasteiger partial charge in [-0.1, -0.05) is 0 Å². The van der Waals surface area contributed by atoms with E-state index >= 15 is 0 Å². The highest BCUT2D eigenvalue weighted by Crippen LogP contribution is 2.15. The van der Waals surface area contributed by atoms with Crippen LogP contribution in [-0.2, 0) is 24.3 Å². The molecule has 0 saturated heterocycles. The predicted molar refractivity (Wildman–Crippen MR) is 95.0 cm³/mol. The standard InChI is InChI=1S/C17H16N8O2/c1-10-21-17-18-6-11-14(25(17)22-10)3-5-24(16(11)27)8-15(26)23-4-2-12-13(7-23)20-9-19-12/h3,5-6,9H,2,4,7-8H2,1H3,(H,19,20). The molecule has 0 aromatic carbocycles. The van der Waals surface area contributed by atoms with Gasteiger partial charge in [0.2, 0.25) is 5.91 Å². The van der Waals surface area contributed by atoms with E-state index in [0.29, 0.717) is 42.0 Å². The molecule has 1 aliphatic rings. The number of carbonyl (C=O) groups is 1. The lowest BCUT2D eigenvalue weighted by Gasteiger charge is -2.26.